The summed E-state index contributed by atoms with van der Waals surface area (Å²) < 4.78 is 32.2. The number of aromatic nitrogens is 1. The lowest BCUT2D eigenvalue weighted by molar-refractivity contribution is 0.407. The second kappa shape index (κ2) is 7.88. The third kappa shape index (κ3) is 4.62. The van der Waals surface area contributed by atoms with Crippen molar-refractivity contribution in [3.8, 4) is 11.5 Å². The zero-order valence-corrected chi connectivity index (χ0v) is 15.2. The summed E-state index contributed by atoms with van der Waals surface area (Å²) in [5.41, 5.74) is 1.06. The predicted molar refractivity (Wildman–Crippen MR) is 103 cm³/mol. The van der Waals surface area contributed by atoms with Crippen molar-refractivity contribution in [2.24, 2.45) is 4.99 Å². The molecule has 3 aromatic rings. The summed E-state index contributed by atoms with van der Waals surface area (Å²) in [7, 11) is -2.22. The van der Waals surface area contributed by atoms with Gasteiger partial charge in [-0.25, -0.2) is 13.4 Å². The average molecular weight is 383 g/mol. The van der Waals surface area contributed by atoms with Crippen molar-refractivity contribution < 1.29 is 18.3 Å². The molecule has 0 saturated carbocycles. The molecule has 2 aromatic carbocycles. The molecule has 0 unspecified atom stereocenters. The Morgan fingerprint density at radius 3 is 2.52 bits per heavy atom. The number of ether oxygens (including phenoxy) is 1. The second-order valence-electron chi connectivity index (χ2n) is 5.50. The first-order valence-electron chi connectivity index (χ1n) is 7.93. The van der Waals surface area contributed by atoms with E-state index in [1.54, 1.807) is 42.5 Å². The van der Waals surface area contributed by atoms with E-state index in [1.165, 1.54) is 37.7 Å². The van der Waals surface area contributed by atoms with Crippen LogP contribution in [0.2, 0.25) is 0 Å². The fourth-order valence-electron chi connectivity index (χ4n) is 2.23. The number of aromatic hydroxyl groups is 1. The molecular weight excluding hydrogens is 366 g/mol. The van der Waals surface area contributed by atoms with Crippen molar-refractivity contribution in [3.05, 3.63) is 72.4 Å². The Hall–Kier alpha value is -3.39. The number of methoxy groups -OCH3 is 1. The lowest BCUT2D eigenvalue weighted by Crippen LogP contribution is -2.13. The molecule has 0 atom stereocenters. The van der Waals surface area contributed by atoms with Gasteiger partial charge in [-0.2, -0.15) is 0 Å². The number of hydrogen-bond acceptors (Lipinski definition) is 6. The van der Waals surface area contributed by atoms with Crippen LogP contribution in [0.1, 0.15) is 5.56 Å². The minimum absolute atomic E-state index is 0.0388. The van der Waals surface area contributed by atoms with Gasteiger partial charge in [-0.1, -0.05) is 6.07 Å². The Bertz CT molecular complexity index is 1050. The molecule has 0 radical (unpaired) electrons. The van der Waals surface area contributed by atoms with Crippen LogP contribution >= 0.6 is 0 Å². The van der Waals surface area contributed by atoms with Gasteiger partial charge in [0.05, 0.1) is 17.7 Å². The number of rotatable bonds is 6. The van der Waals surface area contributed by atoms with E-state index in [-0.39, 0.29) is 16.5 Å². The fourth-order valence-corrected chi connectivity index (χ4v) is 3.24. The number of hydrogen-bond donors (Lipinski definition) is 2. The average Bonchev–Trinajstić information content (AvgIpc) is 2.68. The van der Waals surface area contributed by atoms with Gasteiger partial charge >= 0.3 is 0 Å². The van der Waals surface area contributed by atoms with Crippen LogP contribution in [0, 0.1) is 0 Å². The zero-order chi connectivity index (χ0) is 19.3. The maximum Gasteiger partial charge on any atom is 0.263 e. The Morgan fingerprint density at radius 1 is 1.11 bits per heavy atom. The summed E-state index contributed by atoms with van der Waals surface area (Å²) in [5, 5.41) is 9.93. The molecule has 0 bridgehead atoms. The lowest BCUT2D eigenvalue weighted by atomic mass is 10.2. The lowest BCUT2D eigenvalue weighted by Gasteiger charge is -2.07. The van der Waals surface area contributed by atoms with Crippen LogP contribution in [-0.2, 0) is 10.0 Å². The molecule has 1 aromatic heterocycles. The van der Waals surface area contributed by atoms with E-state index in [0.717, 1.165) is 0 Å². The molecule has 2 N–H and O–H groups in total. The molecule has 3 rings (SSSR count). The van der Waals surface area contributed by atoms with Gasteiger partial charge in [-0.15, -0.1) is 0 Å². The summed E-state index contributed by atoms with van der Waals surface area (Å²) in [5.74, 6) is 0.825. The summed E-state index contributed by atoms with van der Waals surface area (Å²) in [4.78, 5) is 8.29. The van der Waals surface area contributed by atoms with E-state index < -0.39 is 10.0 Å². The summed E-state index contributed by atoms with van der Waals surface area (Å²) in [6.07, 6.45) is 2.99. The maximum absolute atomic E-state index is 12.4. The molecule has 0 aliphatic carbocycles. The number of phenolic OH excluding ortho intramolecular Hbond substituents is 1. The third-order valence-electron chi connectivity index (χ3n) is 3.64. The Balaban J connectivity index is 1.75. The number of sulfonamides is 1. The monoisotopic (exact) mass is 383 g/mol. The Kier molecular flexibility index (Phi) is 5.37. The van der Waals surface area contributed by atoms with Crippen LogP contribution in [-0.4, -0.2) is 31.8 Å². The summed E-state index contributed by atoms with van der Waals surface area (Å²) in [6.45, 7) is 0. The van der Waals surface area contributed by atoms with E-state index in [0.29, 0.717) is 17.0 Å². The molecule has 138 valence electrons. The highest BCUT2D eigenvalue weighted by Crippen LogP contribution is 2.23. The van der Waals surface area contributed by atoms with Gasteiger partial charge < -0.3 is 9.84 Å². The second-order valence-corrected chi connectivity index (χ2v) is 7.18. The largest absolute Gasteiger partial charge is 0.507 e. The first-order valence-corrected chi connectivity index (χ1v) is 9.41. The number of phenols is 1. The predicted octanol–water partition coefficient (Wildman–Crippen LogP) is 3.35. The molecule has 27 heavy (non-hydrogen) atoms. The van der Waals surface area contributed by atoms with E-state index in [9.17, 15) is 13.5 Å². The maximum atomic E-state index is 12.4. The molecule has 0 saturated heterocycles. The van der Waals surface area contributed by atoms with Crippen molar-refractivity contribution in [2.45, 2.75) is 4.90 Å². The van der Waals surface area contributed by atoms with Crippen molar-refractivity contribution in [2.75, 3.05) is 11.8 Å². The van der Waals surface area contributed by atoms with Gasteiger partial charge in [-0.3, -0.25) is 9.71 Å². The van der Waals surface area contributed by atoms with Crippen LogP contribution < -0.4 is 9.46 Å². The van der Waals surface area contributed by atoms with Crippen LogP contribution in [0.4, 0.5) is 11.5 Å². The highest BCUT2D eigenvalue weighted by molar-refractivity contribution is 7.92. The minimum Gasteiger partial charge on any atom is -0.507 e. The first-order chi connectivity index (χ1) is 13.0. The summed E-state index contributed by atoms with van der Waals surface area (Å²) >= 11 is 0. The standard InChI is InChI=1S/C19H17N3O4S/c1-26-16-8-5-14(18(23)12-16)13-21-15-6-9-17(10-7-15)27(24,25)22-19-4-2-3-11-20-19/h2-13,23H,1H3,(H,20,22). The van der Waals surface area contributed by atoms with Crippen molar-refractivity contribution >= 4 is 27.7 Å². The normalized spacial score (nSPS) is 11.4. The van der Waals surface area contributed by atoms with Crippen LogP contribution in [0.5, 0.6) is 11.5 Å². The quantitative estimate of drug-likeness (QED) is 0.636. The molecular formula is C19H17N3O4S. The number of aliphatic imine (C=N–C) groups is 1. The van der Waals surface area contributed by atoms with Gasteiger partial charge in [0.1, 0.15) is 17.3 Å². The number of nitrogens with zero attached hydrogens (tertiary/aromatic N) is 2. The summed E-state index contributed by atoms with van der Waals surface area (Å²) in [6, 6.07) is 15.9. The van der Waals surface area contributed by atoms with Crippen LogP contribution in [0.25, 0.3) is 0 Å². The van der Waals surface area contributed by atoms with Gasteiger partial charge in [0.2, 0.25) is 0 Å². The molecule has 1 heterocycles. The number of anilines is 1. The number of nitrogens with one attached hydrogen (secondary N) is 1. The molecule has 8 heteroatoms. The van der Waals surface area contributed by atoms with Crippen LogP contribution in [0.3, 0.4) is 0 Å². The Labute approximate surface area is 157 Å². The molecule has 0 spiro atoms. The molecule has 0 aliphatic heterocycles. The van der Waals surface area contributed by atoms with Gasteiger partial charge in [-0.05, 0) is 48.5 Å². The highest BCUT2D eigenvalue weighted by Gasteiger charge is 2.14. The van der Waals surface area contributed by atoms with Gasteiger partial charge in [0.15, 0.2) is 0 Å². The van der Waals surface area contributed by atoms with Crippen molar-refractivity contribution in [3.63, 3.8) is 0 Å². The van der Waals surface area contributed by atoms with Crippen LogP contribution in [0.15, 0.2) is 76.7 Å². The van der Waals surface area contributed by atoms with E-state index >= 15 is 0 Å². The molecule has 0 aliphatic rings. The van der Waals surface area contributed by atoms with Crippen molar-refractivity contribution in [1.82, 2.24) is 4.98 Å². The van der Waals surface area contributed by atoms with Gasteiger partial charge in [0, 0.05) is 24.0 Å². The number of pyridine rings is 1. The molecule has 0 amide bonds. The van der Waals surface area contributed by atoms with Crippen molar-refractivity contribution in [1.29, 1.82) is 0 Å². The highest BCUT2D eigenvalue weighted by atomic mass is 32.2. The third-order valence-corrected chi connectivity index (χ3v) is 5.01. The number of benzene rings is 2. The zero-order valence-electron chi connectivity index (χ0n) is 14.4. The first kappa shape index (κ1) is 18.4. The smallest absolute Gasteiger partial charge is 0.263 e. The van der Waals surface area contributed by atoms with E-state index in [4.69, 9.17) is 4.74 Å². The topological polar surface area (TPSA) is 101 Å². The minimum atomic E-state index is -3.73. The fraction of sp³-hybridized carbons (Fsp3) is 0.0526. The van der Waals surface area contributed by atoms with E-state index in [1.807, 2.05) is 0 Å². The Morgan fingerprint density at radius 2 is 1.89 bits per heavy atom. The molecule has 0 fully saturated rings. The SMILES string of the molecule is COc1ccc(C=Nc2ccc(S(=O)(=O)Nc3ccccn3)cc2)c(O)c1. The van der Waals surface area contributed by atoms with E-state index in [2.05, 4.69) is 14.7 Å². The molecule has 7 nitrogen and oxygen atoms in total. The van der Waals surface area contributed by atoms with Gasteiger partial charge in [0.25, 0.3) is 10.0 Å².